The molecule has 1 aliphatic heterocycles. The summed E-state index contributed by atoms with van der Waals surface area (Å²) in [7, 11) is 0. The van der Waals surface area contributed by atoms with E-state index < -0.39 is 66.2 Å². The molecule has 11 nitrogen and oxygen atoms in total. The summed E-state index contributed by atoms with van der Waals surface area (Å²) in [5.74, 6) is -4.71. The van der Waals surface area contributed by atoms with Crippen molar-refractivity contribution in [2.45, 2.75) is 63.7 Å². The standard InChI is InChI=1S/C23H32N4O7/c1-13(2)19(26-20(30)15(24)12-18(28)29)21(31)25-16(11-14-7-4-3-5-8-14)22(32)27-10-6-9-17(27)23(33)34/h3-5,7-8,13,15-17,19H,6,9-12,24H2,1-2H3,(H,25,31)(H,26,30)(H,28,29)(H,33,34). The van der Waals surface area contributed by atoms with E-state index >= 15 is 0 Å². The van der Waals surface area contributed by atoms with Crippen molar-refractivity contribution in [3.63, 3.8) is 0 Å². The molecule has 0 saturated carbocycles. The molecule has 4 unspecified atom stereocenters. The van der Waals surface area contributed by atoms with E-state index in [1.807, 2.05) is 6.07 Å². The molecular weight excluding hydrogens is 444 g/mol. The van der Waals surface area contributed by atoms with Crippen LogP contribution in [0.5, 0.6) is 0 Å². The van der Waals surface area contributed by atoms with Gasteiger partial charge in [-0.3, -0.25) is 19.2 Å². The lowest BCUT2D eigenvalue weighted by Crippen LogP contribution is -2.59. The summed E-state index contributed by atoms with van der Waals surface area (Å²) in [5.41, 5.74) is 6.37. The van der Waals surface area contributed by atoms with Crippen molar-refractivity contribution in [1.29, 1.82) is 0 Å². The highest BCUT2D eigenvalue weighted by molar-refractivity contribution is 5.95. The normalized spacial score (nSPS) is 18.1. The van der Waals surface area contributed by atoms with E-state index in [0.717, 1.165) is 5.56 Å². The van der Waals surface area contributed by atoms with Gasteiger partial charge in [0.1, 0.15) is 18.1 Å². The van der Waals surface area contributed by atoms with Crippen LogP contribution in [-0.4, -0.2) is 75.5 Å². The fourth-order valence-corrected chi connectivity index (χ4v) is 3.87. The smallest absolute Gasteiger partial charge is 0.326 e. The summed E-state index contributed by atoms with van der Waals surface area (Å²) in [6, 6.07) is 4.53. The van der Waals surface area contributed by atoms with Gasteiger partial charge in [0, 0.05) is 13.0 Å². The van der Waals surface area contributed by atoms with Gasteiger partial charge in [-0.05, 0) is 24.3 Å². The molecule has 0 aromatic heterocycles. The number of carbonyl (C=O) groups excluding carboxylic acids is 3. The van der Waals surface area contributed by atoms with Crippen LogP contribution in [0.25, 0.3) is 0 Å². The van der Waals surface area contributed by atoms with E-state index in [-0.39, 0.29) is 13.0 Å². The summed E-state index contributed by atoms with van der Waals surface area (Å²) in [4.78, 5) is 62.5. The molecule has 2 rings (SSSR count). The quantitative estimate of drug-likeness (QED) is 0.289. The second kappa shape index (κ2) is 12.1. The van der Waals surface area contributed by atoms with Crippen LogP contribution in [0.1, 0.15) is 38.7 Å². The summed E-state index contributed by atoms with van der Waals surface area (Å²) >= 11 is 0. The van der Waals surface area contributed by atoms with Crippen LogP contribution in [-0.2, 0) is 30.4 Å². The zero-order valence-electron chi connectivity index (χ0n) is 19.3. The van der Waals surface area contributed by atoms with Crippen LogP contribution in [0.2, 0.25) is 0 Å². The third kappa shape index (κ3) is 7.27. The van der Waals surface area contributed by atoms with Crippen molar-refractivity contribution in [2.24, 2.45) is 11.7 Å². The number of rotatable bonds is 11. The SMILES string of the molecule is CC(C)C(NC(=O)C(N)CC(=O)O)C(=O)NC(Cc1ccccc1)C(=O)N1CCCC1C(=O)O. The van der Waals surface area contributed by atoms with Gasteiger partial charge in [-0.15, -0.1) is 0 Å². The van der Waals surface area contributed by atoms with Crippen molar-refractivity contribution >= 4 is 29.7 Å². The van der Waals surface area contributed by atoms with Crippen LogP contribution in [0.4, 0.5) is 0 Å². The second-order valence-corrected chi connectivity index (χ2v) is 8.71. The van der Waals surface area contributed by atoms with Gasteiger partial charge in [0.05, 0.1) is 12.5 Å². The Morgan fingerprint density at radius 2 is 1.71 bits per heavy atom. The van der Waals surface area contributed by atoms with Gasteiger partial charge >= 0.3 is 11.9 Å². The van der Waals surface area contributed by atoms with Crippen molar-refractivity contribution in [2.75, 3.05) is 6.54 Å². The number of likely N-dealkylation sites (tertiary alicyclic amines) is 1. The Kier molecular flexibility index (Phi) is 9.55. The van der Waals surface area contributed by atoms with Crippen molar-refractivity contribution < 1.29 is 34.2 Å². The number of nitrogens with one attached hydrogen (secondary N) is 2. The second-order valence-electron chi connectivity index (χ2n) is 8.71. The first-order chi connectivity index (χ1) is 16.0. The number of aliphatic carboxylic acids is 2. The number of carboxylic acid groups (broad SMARTS) is 2. The van der Waals surface area contributed by atoms with Crippen molar-refractivity contribution in [3.8, 4) is 0 Å². The summed E-state index contributed by atoms with van der Waals surface area (Å²) in [6.45, 7) is 3.63. The third-order valence-corrected chi connectivity index (χ3v) is 5.70. The number of carbonyl (C=O) groups is 5. The summed E-state index contributed by atoms with van der Waals surface area (Å²) < 4.78 is 0. The Bertz CT molecular complexity index is 906. The maximum Gasteiger partial charge on any atom is 0.326 e. The number of amides is 3. The zero-order valence-corrected chi connectivity index (χ0v) is 19.3. The molecule has 0 bridgehead atoms. The van der Waals surface area contributed by atoms with Crippen LogP contribution in [0, 0.1) is 5.92 Å². The Morgan fingerprint density at radius 3 is 2.26 bits per heavy atom. The number of nitrogens with two attached hydrogens (primary N) is 1. The van der Waals surface area contributed by atoms with Gasteiger partial charge in [-0.1, -0.05) is 44.2 Å². The van der Waals surface area contributed by atoms with Crippen molar-refractivity contribution in [1.82, 2.24) is 15.5 Å². The Labute approximate surface area is 197 Å². The molecule has 0 spiro atoms. The van der Waals surface area contributed by atoms with Gasteiger partial charge in [0.2, 0.25) is 17.7 Å². The highest BCUT2D eigenvalue weighted by atomic mass is 16.4. The molecule has 186 valence electrons. The molecule has 6 N–H and O–H groups in total. The van der Waals surface area contributed by atoms with Crippen LogP contribution in [0.15, 0.2) is 30.3 Å². The first-order valence-corrected chi connectivity index (χ1v) is 11.2. The highest BCUT2D eigenvalue weighted by Gasteiger charge is 2.38. The minimum absolute atomic E-state index is 0.130. The van der Waals surface area contributed by atoms with E-state index in [0.29, 0.717) is 12.8 Å². The van der Waals surface area contributed by atoms with Crippen LogP contribution < -0.4 is 16.4 Å². The molecule has 11 heteroatoms. The van der Waals surface area contributed by atoms with Crippen molar-refractivity contribution in [3.05, 3.63) is 35.9 Å². The monoisotopic (exact) mass is 476 g/mol. The number of nitrogens with zero attached hydrogens (tertiary/aromatic N) is 1. The molecule has 0 aliphatic carbocycles. The lowest BCUT2D eigenvalue weighted by molar-refractivity contribution is -0.149. The van der Waals surface area contributed by atoms with Gasteiger partial charge in [-0.2, -0.15) is 0 Å². The summed E-state index contributed by atoms with van der Waals surface area (Å²) in [5, 5.41) is 23.5. The predicted molar refractivity (Wildman–Crippen MR) is 121 cm³/mol. The van der Waals surface area contributed by atoms with E-state index in [1.54, 1.807) is 38.1 Å². The molecule has 3 amide bonds. The number of carboxylic acids is 2. The van der Waals surface area contributed by atoms with Gasteiger partial charge < -0.3 is 31.5 Å². The average Bonchev–Trinajstić information content (AvgIpc) is 3.26. The number of hydrogen-bond donors (Lipinski definition) is 5. The minimum Gasteiger partial charge on any atom is -0.481 e. The Morgan fingerprint density at radius 1 is 1.06 bits per heavy atom. The molecule has 4 atom stereocenters. The maximum absolute atomic E-state index is 13.3. The molecule has 34 heavy (non-hydrogen) atoms. The number of hydrogen-bond acceptors (Lipinski definition) is 6. The fourth-order valence-electron chi connectivity index (χ4n) is 3.87. The van der Waals surface area contributed by atoms with E-state index in [2.05, 4.69) is 10.6 Å². The topological polar surface area (TPSA) is 179 Å². The third-order valence-electron chi connectivity index (χ3n) is 5.70. The van der Waals surface area contributed by atoms with E-state index in [4.69, 9.17) is 10.8 Å². The molecule has 1 aromatic carbocycles. The van der Waals surface area contributed by atoms with Gasteiger partial charge in [0.15, 0.2) is 0 Å². The van der Waals surface area contributed by atoms with Crippen LogP contribution >= 0.6 is 0 Å². The van der Waals surface area contributed by atoms with Gasteiger partial charge in [0.25, 0.3) is 0 Å². The van der Waals surface area contributed by atoms with E-state index in [9.17, 15) is 29.1 Å². The first kappa shape index (κ1) is 26.8. The lowest BCUT2D eigenvalue weighted by atomic mass is 10.00. The van der Waals surface area contributed by atoms with Crippen LogP contribution in [0.3, 0.4) is 0 Å². The molecular formula is C23H32N4O7. The average molecular weight is 477 g/mol. The molecule has 1 aliphatic rings. The number of benzene rings is 1. The van der Waals surface area contributed by atoms with Gasteiger partial charge in [-0.25, -0.2) is 4.79 Å². The highest BCUT2D eigenvalue weighted by Crippen LogP contribution is 2.20. The molecule has 1 heterocycles. The molecule has 1 saturated heterocycles. The maximum atomic E-state index is 13.3. The zero-order chi connectivity index (χ0) is 25.4. The largest absolute Gasteiger partial charge is 0.481 e. The lowest BCUT2D eigenvalue weighted by Gasteiger charge is -2.30. The molecule has 1 aromatic rings. The fraction of sp³-hybridized carbons (Fsp3) is 0.522. The molecule has 1 fully saturated rings. The Hall–Kier alpha value is -3.47. The Balaban J connectivity index is 2.22. The first-order valence-electron chi connectivity index (χ1n) is 11.2. The van der Waals surface area contributed by atoms with E-state index in [1.165, 1.54) is 4.90 Å². The minimum atomic E-state index is -1.34. The molecule has 0 radical (unpaired) electrons. The summed E-state index contributed by atoms with van der Waals surface area (Å²) in [6.07, 6.45) is 0.407. The predicted octanol–water partition coefficient (Wildman–Crippen LogP) is -0.268.